The predicted octanol–water partition coefficient (Wildman–Crippen LogP) is 5.53. The normalized spacial score (nSPS) is 19.7. The van der Waals surface area contributed by atoms with Gasteiger partial charge in [-0.15, -0.1) is 0 Å². The zero-order chi connectivity index (χ0) is 26.3. The molecular formula is C32H41N5O. The van der Waals surface area contributed by atoms with Gasteiger partial charge in [0.05, 0.1) is 11.6 Å². The summed E-state index contributed by atoms with van der Waals surface area (Å²) in [6, 6.07) is 20.9. The first-order valence-electron chi connectivity index (χ1n) is 14.3. The summed E-state index contributed by atoms with van der Waals surface area (Å²) >= 11 is 0. The highest BCUT2D eigenvalue weighted by molar-refractivity contribution is 5.84. The Bertz CT molecular complexity index is 1190. The topological polar surface area (TPSA) is 70.2 Å². The molecule has 1 saturated carbocycles. The van der Waals surface area contributed by atoms with Crippen molar-refractivity contribution >= 4 is 17.7 Å². The van der Waals surface area contributed by atoms with Crippen LogP contribution in [-0.2, 0) is 24.1 Å². The third kappa shape index (κ3) is 6.53. The fourth-order valence-corrected chi connectivity index (χ4v) is 5.97. The van der Waals surface area contributed by atoms with Gasteiger partial charge in [-0.05, 0) is 74.8 Å². The van der Waals surface area contributed by atoms with Crippen LogP contribution in [0.2, 0.25) is 0 Å². The summed E-state index contributed by atoms with van der Waals surface area (Å²) in [5.41, 5.74) is 4.80. The highest BCUT2D eigenvalue weighted by Gasteiger charge is 2.26. The van der Waals surface area contributed by atoms with Crippen molar-refractivity contribution in [3.63, 3.8) is 0 Å². The summed E-state index contributed by atoms with van der Waals surface area (Å²) in [6.45, 7) is 0.740. The van der Waals surface area contributed by atoms with Crippen LogP contribution in [0.5, 0.6) is 0 Å². The fraction of sp³-hybridized carbons (Fsp3) is 0.469. The number of benzene rings is 2. The van der Waals surface area contributed by atoms with E-state index in [-0.39, 0.29) is 11.8 Å². The lowest BCUT2D eigenvalue weighted by molar-refractivity contribution is -0.122. The first-order chi connectivity index (χ1) is 18.6. The second-order valence-corrected chi connectivity index (χ2v) is 11.2. The maximum Gasteiger partial charge on any atom is 0.227 e. The quantitative estimate of drug-likeness (QED) is 0.395. The van der Waals surface area contributed by atoms with Crippen LogP contribution in [-0.4, -0.2) is 42.6 Å². The lowest BCUT2D eigenvalue weighted by Crippen LogP contribution is -2.37. The Labute approximate surface area is 227 Å². The predicted molar refractivity (Wildman–Crippen MR) is 155 cm³/mol. The van der Waals surface area contributed by atoms with Gasteiger partial charge in [-0.1, -0.05) is 60.7 Å². The van der Waals surface area contributed by atoms with Crippen LogP contribution in [0.25, 0.3) is 0 Å². The van der Waals surface area contributed by atoms with E-state index in [0.717, 1.165) is 62.4 Å². The van der Waals surface area contributed by atoms with E-state index in [9.17, 15) is 4.79 Å². The van der Waals surface area contributed by atoms with Crippen molar-refractivity contribution in [3.05, 3.63) is 83.0 Å². The molecule has 38 heavy (non-hydrogen) atoms. The molecule has 1 heterocycles. The van der Waals surface area contributed by atoms with Gasteiger partial charge in [0.2, 0.25) is 11.9 Å². The summed E-state index contributed by atoms with van der Waals surface area (Å²) < 4.78 is 0. The van der Waals surface area contributed by atoms with Crippen molar-refractivity contribution in [2.75, 3.05) is 30.9 Å². The number of aromatic nitrogens is 2. The number of anilines is 2. The van der Waals surface area contributed by atoms with Crippen molar-refractivity contribution < 1.29 is 4.79 Å². The van der Waals surface area contributed by atoms with Gasteiger partial charge in [0.1, 0.15) is 5.82 Å². The fourth-order valence-electron chi connectivity index (χ4n) is 5.97. The van der Waals surface area contributed by atoms with Crippen LogP contribution < -0.4 is 15.5 Å². The summed E-state index contributed by atoms with van der Waals surface area (Å²) in [5, 5.41) is 6.94. The summed E-state index contributed by atoms with van der Waals surface area (Å²) in [6.07, 6.45) is 9.62. The molecule has 1 unspecified atom stereocenters. The van der Waals surface area contributed by atoms with Gasteiger partial charge in [-0.25, -0.2) is 4.98 Å². The second kappa shape index (κ2) is 12.4. The molecule has 2 aromatic carbocycles. The average molecular weight is 512 g/mol. The Kier molecular flexibility index (Phi) is 8.57. The molecule has 200 valence electrons. The van der Waals surface area contributed by atoms with E-state index in [1.54, 1.807) is 0 Å². The maximum absolute atomic E-state index is 13.4. The number of nitrogens with zero attached hydrogens (tertiary/aromatic N) is 3. The largest absolute Gasteiger partial charge is 0.362 e. The molecule has 2 N–H and O–H groups in total. The SMILES string of the molecule is CN(C)c1nc(N[C@H]2CC[C@@H](CNC(=O)C(Cc3ccccc3)c3ccccc3)CC2)nc2c1CCCC2. The molecule has 0 spiro atoms. The van der Waals surface area contributed by atoms with Gasteiger partial charge in [0.15, 0.2) is 0 Å². The third-order valence-electron chi connectivity index (χ3n) is 8.13. The molecule has 0 saturated heterocycles. The molecule has 2 aliphatic rings. The minimum atomic E-state index is -0.177. The lowest BCUT2D eigenvalue weighted by atomic mass is 9.85. The number of aryl methyl sites for hydroxylation is 1. The molecule has 1 aromatic heterocycles. The van der Waals surface area contributed by atoms with E-state index in [1.165, 1.54) is 29.7 Å². The molecule has 6 heteroatoms. The van der Waals surface area contributed by atoms with E-state index < -0.39 is 0 Å². The summed E-state index contributed by atoms with van der Waals surface area (Å²) in [5.74, 6) is 2.30. The van der Waals surface area contributed by atoms with E-state index >= 15 is 0 Å². The van der Waals surface area contributed by atoms with E-state index in [2.05, 4.69) is 53.9 Å². The highest BCUT2D eigenvalue weighted by Crippen LogP contribution is 2.30. The Balaban J connectivity index is 1.15. The lowest BCUT2D eigenvalue weighted by Gasteiger charge is -2.30. The molecule has 0 radical (unpaired) electrons. The van der Waals surface area contributed by atoms with Crippen molar-refractivity contribution in [2.24, 2.45) is 5.92 Å². The van der Waals surface area contributed by atoms with E-state index in [1.807, 2.05) is 36.4 Å². The molecule has 1 atom stereocenters. The molecule has 2 aliphatic carbocycles. The number of rotatable bonds is 9. The number of hydrogen-bond acceptors (Lipinski definition) is 5. The Morgan fingerprint density at radius 1 is 0.921 bits per heavy atom. The van der Waals surface area contributed by atoms with Crippen LogP contribution in [0.4, 0.5) is 11.8 Å². The Morgan fingerprint density at radius 3 is 2.32 bits per heavy atom. The van der Waals surface area contributed by atoms with Crippen molar-refractivity contribution in [1.82, 2.24) is 15.3 Å². The number of fused-ring (bicyclic) bond motifs is 1. The number of hydrogen-bond donors (Lipinski definition) is 2. The molecule has 0 aliphatic heterocycles. The Hall–Kier alpha value is -3.41. The van der Waals surface area contributed by atoms with Crippen molar-refractivity contribution in [2.45, 2.75) is 69.7 Å². The summed E-state index contributed by atoms with van der Waals surface area (Å²) in [4.78, 5) is 25.3. The molecular weight excluding hydrogens is 470 g/mol. The maximum atomic E-state index is 13.4. The minimum absolute atomic E-state index is 0.124. The second-order valence-electron chi connectivity index (χ2n) is 11.2. The van der Waals surface area contributed by atoms with Gasteiger partial charge >= 0.3 is 0 Å². The number of nitrogens with one attached hydrogen (secondary N) is 2. The van der Waals surface area contributed by atoms with E-state index in [0.29, 0.717) is 18.4 Å². The number of carbonyl (C=O) groups excluding carboxylic acids is 1. The minimum Gasteiger partial charge on any atom is -0.362 e. The van der Waals surface area contributed by atoms with Gasteiger partial charge in [0.25, 0.3) is 0 Å². The average Bonchev–Trinajstić information content (AvgIpc) is 2.96. The van der Waals surface area contributed by atoms with E-state index in [4.69, 9.17) is 9.97 Å². The van der Waals surface area contributed by atoms with Crippen molar-refractivity contribution in [3.8, 4) is 0 Å². The van der Waals surface area contributed by atoms with Gasteiger partial charge < -0.3 is 15.5 Å². The van der Waals surface area contributed by atoms with Crippen LogP contribution in [0.3, 0.4) is 0 Å². The van der Waals surface area contributed by atoms with Gasteiger partial charge in [-0.2, -0.15) is 4.98 Å². The third-order valence-corrected chi connectivity index (χ3v) is 8.13. The van der Waals surface area contributed by atoms with Gasteiger partial charge in [-0.3, -0.25) is 4.79 Å². The first kappa shape index (κ1) is 26.2. The van der Waals surface area contributed by atoms with Gasteiger partial charge in [0, 0.05) is 32.2 Å². The standard InChI is InChI=1S/C32H41N5O/c1-37(2)30-27-15-9-10-16-29(27)35-32(36-30)34-26-19-17-24(18-20-26)22-33-31(38)28(25-13-7-4-8-14-25)21-23-11-5-3-6-12-23/h3-8,11-14,24,26,28H,9-10,15-22H2,1-2H3,(H,33,38)(H,34,35,36)/t24-,26+,28?. The molecule has 3 aromatic rings. The smallest absolute Gasteiger partial charge is 0.227 e. The van der Waals surface area contributed by atoms with Crippen LogP contribution in [0, 0.1) is 5.92 Å². The summed E-state index contributed by atoms with van der Waals surface area (Å²) in [7, 11) is 4.14. The molecule has 1 amide bonds. The zero-order valence-electron chi connectivity index (χ0n) is 22.8. The Morgan fingerprint density at radius 2 is 1.61 bits per heavy atom. The number of amides is 1. The van der Waals surface area contributed by atoms with Crippen LogP contribution in [0.1, 0.15) is 66.8 Å². The monoisotopic (exact) mass is 511 g/mol. The van der Waals surface area contributed by atoms with Crippen LogP contribution in [0.15, 0.2) is 60.7 Å². The zero-order valence-corrected chi connectivity index (χ0v) is 22.8. The molecule has 6 nitrogen and oxygen atoms in total. The van der Waals surface area contributed by atoms with Crippen LogP contribution >= 0.6 is 0 Å². The van der Waals surface area contributed by atoms with Crippen molar-refractivity contribution in [1.29, 1.82) is 0 Å². The first-order valence-corrected chi connectivity index (χ1v) is 14.3. The number of carbonyl (C=O) groups is 1. The molecule has 1 fully saturated rings. The molecule has 5 rings (SSSR count). The molecule has 0 bridgehead atoms. The highest BCUT2D eigenvalue weighted by atomic mass is 16.1.